The highest BCUT2D eigenvalue weighted by Crippen LogP contribution is 2.09. The van der Waals surface area contributed by atoms with Gasteiger partial charge in [-0.15, -0.1) is 0 Å². The Hall–Kier alpha value is -1.10. The van der Waals surface area contributed by atoms with Crippen LogP contribution in [0.2, 0.25) is 0 Å². The van der Waals surface area contributed by atoms with Gasteiger partial charge in [0.25, 0.3) is 0 Å². The Morgan fingerprint density at radius 2 is 2.06 bits per heavy atom. The number of carbonyl (C=O) groups is 1. The Balaban J connectivity index is 5.11. The Labute approximate surface area is 104 Å². The molecule has 16 heavy (non-hydrogen) atoms. The molecule has 4 nitrogen and oxygen atoms in total. The second-order valence-electron chi connectivity index (χ2n) is 3.30. The van der Waals surface area contributed by atoms with E-state index in [0.29, 0.717) is 10.3 Å². The number of methoxy groups -OCH3 is 1. The molecule has 90 valence electrons. The zero-order chi connectivity index (χ0) is 12.7. The average Bonchev–Trinajstić information content (AvgIpc) is 2.24. The summed E-state index contributed by atoms with van der Waals surface area (Å²) in [5.74, 6) is -0.542. The number of nitrogens with zero attached hydrogens (tertiary/aromatic N) is 1. The molecular weight excluding hydrogens is 272 g/mol. The van der Waals surface area contributed by atoms with Crippen LogP contribution < -0.4 is 5.73 Å². The van der Waals surface area contributed by atoms with Crippen molar-refractivity contribution in [1.29, 1.82) is 0 Å². The number of halogens is 1. The van der Waals surface area contributed by atoms with Crippen LogP contribution in [-0.2, 0) is 9.53 Å². The van der Waals surface area contributed by atoms with Gasteiger partial charge in [-0.3, -0.25) is 0 Å². The number of ether oxygens (including phenoxy) is 1. The monoisotopic (exact) mass is 288 g/mol. The minimum atomic E-state index is -0.542. The van der Waals surface area contributed by atoms with E-state index in [0.717, 1.165) is 12.0 Å². The molecule has 0 unspecified atom stereocenters. The minimum absolute atomic E-state index is 0.120. The van der Waals surface area contributed by atoms with E-state index in [1.165, 1.54) is 7.11 Å². The smallest absolute Gasteiger partial charge is 0.358 e. The van der Waals surface area contributed by atoms with Gasteiger partial charge in [-0.1, -0.05) is 12.5 Å². The molecule has 0 atom stereocenters. The van der Waals surface area contributed by atoms with E-state index in [4.69, 9.17) is 5.73 Å². The lowest BCUT2D eigenvalue weighted by Crippen LogP contribution is -2.10. The summed E-state index contributed by atoms with van der Waals surface area (Å²) in [7, 11) is 1.29. The fraction of sp³-hybridized carbons (Fsp3) is 0.455. The molecule has 0 rings (SSSR count). The van der Waals surface area contributed by atoms with Gasteiger partial charge in [0.2, 0.25) is 0 Å². The minimum Gasteiger partial charge on any atom is -0.464 e. The van der Waals surface area contributed by atoms with E-state index < -0.39 is 5.97 Å². The maximum atomic E-state index is 11.3. The SMILES string of the molecule is CC\C(C)=C/C(Br)=N\C(C(=O)OC)=C(/C)N. The molecule has 0 aromatic heterocycles. The van der Waals surface area contributed by atoms with Crippen molar-refractivity contribution in [3.05, 3.63) is 23.0 Å². The molecule has 0 bridgehead atoms. The first-order valence-corrected chi connectivity index (χ1v) is 5.67. The molecule has 2 N–H and O–H groups in total. The van der Waals surface area contributed by atoms with Gasteiger partial charge in [0.05, 0.1) is 7.11 Å². The lowest BCUT2D eigenvalue weighted by Gasteiger charge is -2.02. The van der Waals surface area contributed by atoms with Crippen LogP contribution in [0, 0.1) is 0 Å². The zero-order valence-electron chi connectivity index (χ0n) is 10.0. The average molecular weight is 289 g/mol. The molecule has 0 aliphatic carbocycles. The van der Waals surface area contributed by atoms with Crippen LogP contribution >= 0.6 is 15.9 Å². The molecule has 0 aliphatic rings. The fourth-order valence-corrected chi connectivity index (χ4v) is 1.40. The number of esters is 1. The number of hydrogen-bond donors (Lipinski definition) is 1. The molecule has 0 saturated carbocycles. The maximum Gasteiger partial charge on any atom is 0.358 e. The summed E-state index contributed by atoms with van der Waals surface area (Å²) in [6.45, 7) is 5.62. The first-order chi connectivity index (χ1) is 7.42. The van der Waals surface area contributed by atoms with Crippen molar-refractivity contribution in [3.63, 3.8) is 0 Å². The number of carbonyl (C=O) groups excluding carboxylic acids is 1. The first-order valence-electron chi connectivity index (χ1n) is 4.88. The summed E-state index contributed by atoms with van der Waals surface area (Å²) in [4.78, 5) is 15.4. The molecule has 0 fully saturated rings. The Morgan fingerprint density at radius 1 is 1.50 bits per heavy atom. The van der Waals surface area contributed by atoms with Crippen LogP contribution in [0.1, 0.15) is 27.2 Å². The van der Waals surface area contributed by atoms with Crippen LogP contribution in [0.5, 0.6) is 0 Å². The van der Waals surface area contributed by atoms with Gasteiger partial charge in [0.1, 0.15) is 4.62 Å². The Kier molecular flexibility index (Phi) is 6.72. The van der Waals surface area contributed by atoms with E-state index in [-0.39, 0.29) is 5.70 Å². The second-order valence-corrected chi connectivity index (χ2v) is 4.11. The number of rotatable bonds is 4. The summed E-state index contributed by atoms with van der Waals surface area (Å²) in [6, 6.07) is 0. The van der Waals surface area contributed by atoms with E-state index in [1.807, 2.05) is 19.9 Å². The first kappa shape index (κ1) is 14.9. The molecule has 0 aromatic carbocycles. The van der Waals surface area contributed by atoms with Gasteiger partial charge in [-0.2, -0.15) is 0 Å². The molecule has 0 aliphatic heterocycles. The van der Waals surface area contributed by atoms with Crippen LogP contribution in [0.15, 0.2) is 28.0 Å². The predicted molar refractivity (Wildman–Crippen MR) is 69.3 cm³/mol. The molecule has 0 heterocycles. The highest BCUT2D eigenvalue weighted by atomic mass is 79.9. The highest BCUT2D eigenvalue weighted by Gasteiger charge is 2.11. The van der Waals surface area contributed by atoms with Crippen molar-refractivity contribution in [1.82, 2.24) is 0 Å². The third kappa shape index (κ3) is 5.11. The summed E-state index contributed by atoms with van der Waals surface area (Å²) >= 11 is 3.26. The lowest BCUT2D eigenvalue weighted by atomic mass is 10.2. The van der Waals surface area contributed by atoms with Crippen molar-refractivity contribution < 1.29 is 9.53 Å². The van der Waals surface area contributed by atoms with Crippen LogP contribution in [-0.4, -0.2) is 17.7 Å². The molecule has 5 heteroatoms. The standard InChI is InChI=1S/C11H17BrN2O2/c1-5-7(2)6-9(12)14-10(8(3)13)11(15)16-4/h6H,5,13H2,1-4H3/b7-6-,10-8+,14-9+. The Morgan fingerprint density at radius 3 is 2.44 bits per heavy atom. The third-order valence-electron chi connectivity index (χ3n) is 1.89. The van der Waals surface area contributed by atoms with E-state index in [9.17, 15) is 4.79 Å². The lowest BCUT2D eigenvalue weighted by molar-refractivity contribution is -0.136. The normalized spacial score (nSPS) is 14.6. The van der Waals surface area contributed by atoms with Gasteiger partial charge in [-0.25, -0.2) is 9.79 Å². The number of aliphatic imine (C=N–C) groups is 1. The highest BCUT2D eigenvalue weighted by molar-refractivity contribution is 9.18. The quantitative estimate of drug-likeness (QED) is 0.491. The van der Waals surface area contributed by atoms with Gasteiger partial charge < -0.3 is 10.5 Å². The molecule has 0 radical (unpaired) electrons. The fourth-order valence-electron chi connectivity index (χ4n) is 0.836. The summed E-state index contributed by atoms with van der Waals surface area (Å²) in [6.07, 6.45) is 2.76. The Bertz CT molecular complexity index is 353. The topological polar surface area (TPSA) is 64.7 Å². The van der Waals surface area contributed by atoms with Crippen LogP contribution in [0.25, 0.3) is 0 Å². The molecule has 0 saturated heterocycles. The van der Waals surface area contributed by atoms with Crippen molar-refractivity contribution in [2.75, 3.05) is 7.11 Å². The van der Waals surface area contributed by atoms with Crippen molar-refractivity contribution in [2.24, 2.45) is 10.7 Å². The van der Waals surface area contributed by atoms with E-state index >= 15 is 0 Å². The number of hydrogen-bond acceptors (Lipinski definition) is 4. The molecule has 0 aromatic rings. The molecule has 0 spiro atoms. The van der Waals surface area contributed by atoms with Gasteiger partial charge in [-0.05, 0) is 42.3 Å². The van der Waals surface area contributed by atoms with Gasteiger partial charge in [0, 0.05) is 5.70 Å². The number of allylic oxidation sites excluding steroid dienone is 3. The molecule has 0 amide bonds. The van der Waals surface area contributed by atoms with Crippen LogP contribution in [0.4, 0.5) is 0 Å². The zero-order valence-corrected chi connectivity index (χ0v) is 11.6. The third-order valence-corrected chi connectivity index (χ3v) is 2.30. The van der Waals surface area contributed by atoms with Crippen molar-refractivity contribution in [2.45, 2.75) is 27.2 Å². The summed E-state index contributed by atoms with van der Waals surface area (Å²) < 4.78 is 5.13. The van der Waals surface area contributed by atoms with E-state index in [2.05, 4.69) is 25.7 Å². The second kappa shape index (κ2) is 7.22. The van der Waals surface area contributed by atoms with Gasteiger partial charge in [0.15, 0.2) is 5.70 Å². The predicted octanol–water partition coefficient (Wildman–Crippen LogP) is 2.50. The summed E-state index contributed by atoms with van der Waals surface area (Å²) in [5, 5.41) is 0. The maximum absolute atomic E-state index is 11.3. The summed E-state index contributed by atoms with van der Waals surface area (Å²) in [5.41, 5.74) is 7.15. The van der Waals surface area contributed by atoms with Crippen molar-refractivity contribution in [3.8, 4) is 0 Å². The van der Waals surface area contributed by atoms with Crippen molar-refractivity contribution >= 4 is 26.5 Å². The largest absolute Gasteiger partial charge is 0.464 e. The molecular formula is C11H17BrN2O2. The number of nitrogens with two attached hydrogens (primary N) is 1. The van der Waals surface area contributed by atoms with Crippen LogP contribution in [0.3, 0.4) is 0 Å². The van der Waals surface area contributed by atoms with E-state index in [1.54, 1.807) is 6.92 Å². The van der Waals surface area contributed by atoms with Gasteiger partial charge >= 0.3 is 5.97 Å².